The Hall–Kier alpha value is -1.49. The summed E-state index contributed by atoms with van der Waals surface area (Å²) in [4.78, 5) is 0. The van der Waals surface area contributed by atoms with Gasteiger partial charge in [0.1, 0.15) is 0 Å². The molecule has 2 heteroatoms. The van der Waals surface area contributed by atoms with Crippen molar-refractivity contribution in [3.8, 4) is 6.07 Å². The lowest BCUT2D eigenvalue weighted by molar-refractivity contribution is 0.588. The molecule has 2 nitrogen and oxygen atoms in total. The predicted octanol–water partition coefficient (Wildman–Crippen LogP) is 2.90. The highest BCUT2D eigenvalue weighted by atomic mass is 14.8. The van der Waals surface area contributed by atoms with E-state index < -0.39 is 0 Å². The van der Waals surface area contributed by atoms with Crippen LogP contribution in [0.1, 0.15) is 31.9 Å². The molecule has 0 saturated heterocycles. The Labute approximate surface area is 85.6 Å². The Morgan fingerprint density at radius 3 is 2.36 bits per heavy atom. The third-order valence-corrected chi connectivity index (χ3v) is 2.24. The molecule has 1 aromatic rings. The molecule has 1 aromatic carbocycles. The minimum Gasteiger partial charge on any atom is -0.388 e. The largest absolute Gasteiger partial charge is 0.388 e. The van der Waals surface area contributed by atoms with Gasteiger partial charge in [-0.15, -0.1) is 0 Å². The smallest absolute Gasteiger partial charge is 0.0995 e. The molecule has 0 saturated carbocycles. The standard InChI is InChI=1S/C12H16N2/c1-12(2,3)11-6-5-10(14-4)7-9(11)8-13/h5-7,14H,1-4H3. The van der Waals surface area contributed by atoms with Crippen LogP contribution in [0.15, 0.2) is 18.2 Å². The quantitative estimate of drug-likeness (QED) is 0.735. The third-order valence-electron chi connectivity index (χ3n) is 2.24. The van der Waals surface area contributed by atoms with Gasteiger partial charge in [0.05, 0.1) is 11.6 Å². The Morgan fingerprint density at radius 1 is 1.29 bits per heavy atom. The van der Waals surface area contributed by atoms with Crippen LogP contribution in [0.4, 0.5) is 5.69 Å². The van der Waals surface area contributed by atoms with E-state index in [2.05, 4.69) is 32.2 Å². The average molecular weight is 188 g/mol. The molecule has 14 heavy (non-hydrogen) atoms. The van der Waals surface area contributed by atoms with E-state index in [4.69, 9.17) is 5.26 Å². The molecule has 0 aliphatic heterocycles. The second-order valence-corrected chi connectivity index (χ2v) is 4.37. The molecule has 0 unspecified atom stereocenters. The molecule has 0 atom stereocenters. The van der Waals surface area contributed by atoms with Gasteiger partial charge in [-0.3, -0.25) is 0 Å². The molecule has 0 spiro atoms. The zero-order valence-corrected chi connectivity index (χ0v) is 9.18. The lowest BCUT2D eigenvalue weighted by Crippen LogP contribution is -2.13. The molecular weight excluding hydrogens is 172 g/mol. The summed E-state index contributed by atoms with van der Waals surface area (Å²) in [6, 6.07) is 8.15. The van der Waals surface area contributed by atoms with Gasteiger partial charge in [-0.2, -0.15) is 5.26 Å². The average Bonchev–Trinajstić information content (AvgIpc) is 2.15. The van der Waals surface area contributed by atoms with E-state index in [1.807, 2.05) is 25.2 Å². The number of nitriles is 1. The van der Waals surface area contributed by atoms with Crippen LogP contribution in [-0.2, 0) is 5.41 Å². The molecule has 1 N–H and O–H groups in total. The molecule has 74 valence electrons. The van der Waals surface area contributed by atoms with Gasteiger partial charge < -0.3 is 5.32 Å². The Bertz CT molecular complexity index is 367. The van der Waals surface area contributed by atoms with Gasteiger partial charge in [-0.05, 0) is 23.1 Å². The summed E-state index contributed by atoms with van der Waals surface area (Å²) in [7, 11) is 1.85. The molecule has 0 aromatic heterocycles. The van der Waals surface area contributed by atoms with Gasteiger partial charge in [-0.1, -0.05) is 26.8 Å². The number of anilines is 1. The van der Waals surface area contributed by atoms with Crippen LogP contribution in [0.3, 0.4) is 0 Å². The zero-order valence-electron chi connectivity index (χ0n) is 9.18. The van der Waals surface area contributed by atoms with Crippen molar-refractivity contribution in [1.29, 1.82) is 5.26 Å². The van der Waals surface area contributed by atoms with Gasteiger partial charge in [0.2, 0.25) is 0 Å². The fraction of sp³-hybridized carbons (Fsp3) is 0.417. The Balaban J connectivity index is 3.28. The second-order valence-electron chi connectivity index (χ2n) is 4.37. The number of hydrogen-bond donors (Lipinski definition) is 1. The number of nitrogens with one attached hydrogen (secondary N) is 1. The van der Waals surface area contributed by atoms with Crippen LogP contribution in [0.5, 0.6) is 0 Å². The summed E-state index contributed by atoms with van der Waals surface area (Å²) in [6.45, 7) is 6.34. The van der Waals surface area contributed by atoms with Crippen molar-refractivity contribution < 1.29 is 0 Å². The van der Waals surface area contributed by atoms with Crippen molar-refractivity contribution in [1.82, 2.24) is 0 Å². The normalized spacial score (nSPS) is 10.8. The summed E-state index contributed by atoms with van der Waals surface area (Å²) in [5.74, 6) is 0. The molecule has 0 aliphatic carbocycles. The lowest BCUT2D eigenvalue weighted by Gasteiger charge is -2.20. The molecule has 1 rings (SSSR count). The minimum absolute atomic E-state index is 0.0251. The first kappa shape index (κ1) is 10.6. The topological polar surface area (TPSA) is 35.8 Å². The van der Waals surface area contributed by atoms with Crippen LogP contribution >= 0.6 is 0 Å². The number of benzene rings is 1. The van der Waals surface area contributed by atoms with Crippen LogP contribution in [-0.4, -0.2) is 7.05 Å². The van der Waals surface area contributed by atoms with Crippen molar-refractivity contribution in [2.24, 2.45) is 0 Å². The van der Waals surface area contributed by atoms with Crippen molar-refractivity contribution in [2.45, 2.75) is 26.2 Å². The second kappa shape index (κ2) is 3.71. The predicted molar refractivity (Wildman–Crippen MR) is 59.4 cm³/mol. The molecule has 0 aliphatic rings. The molecule has 0 bridgehead atoms. The zero-order chi connectivity index (χ0) is 10.8. The summed E-state index contributed by atoms with van der Waals surface area (Å²) in [6.07, 6.45) is 0. The fourth-order valence-electron chi connectivity index (χ4n) is 1.45. The highest BCUT2D eigenvalue weighted by molar-refractivity contribution is 5.54. The van der Waals surface area contributed by atoms with Gasteiger partial charge in [0.15, 0.2) is 0 Å². The molecule has 0 radical (unpaired) electrons. The van der Waals surface area contributed by atoms with Crippen molar-refractivity contribution in [3.05, 3.63) is 29.3 Å². The summed E-state index contributed by atoms with van der Waals surface area (Å²) >= 11 is 0. The lowest BCUT2D eigenvalue weighted by atomic mass is 9.84. The van der Waals surface area contributed by atoms with Gasteiger partial charge in [-0.25, -0.2) is 0 Å². The fourth-order valence-corrected chi connectivity index (χ4v) is 1.45. The van der Waals surface area contributed by atoms with E-state index in [1.165, 1.54) is 0 Å². The maximum absolute atomic E-state index is 9.02. The number of nitrogens with zero attached hydrogens (tertiary/aromatic N) is 1. The molecule has 0 amide bonds. The van der Waals surface area contributed by atoms with Crippen LogP contribution in [0, 0.1) is 11.3 Å². The van der Waals surface area contributed by atoms with Gasteiger partial charge in [0, 0.05) is 12.7 Å². The molecular formula is C12H16N2. The van der Waals surface area contributed by atoms with E-state index in [1.54, 1.807) is 0 Å². The Morgan fingerprint density at radius 2 is 1.93 bits per heavy atom. The summed E-state index contributed by atoms with van der Waals surface area (Å²) in [5.41, 5.74) is 2.86. The highest BCUT2D eigenvalue weighted by Crippen LogP contribution is 2.27. The van der Waals surface area contributed by atoms with E-state index in [0.29, 0.717) is 0 Å². The summed E-state index contributed by atoms with van der Waals surface area (Å²) < 4.78 is 0. The van der Waals surface area contributed by atoms with Crippen molar-refractivity contribution >= 4 is 5.69 Å². The van der Waals surface area contributed by atoms with Crippen LogP contribution in [0.25, 0.3) is 0 Å². The maximum Gasteiger partial charge on any atom is 0.0995 e. The van der Waals surface area contributed by atoms with E-state index in [9.17, 15) is 0 Å². The maximum atomic E-state index is 9.02. The number of hydrogen-bond acceptors (Lipinski definition) is 2. The van der Waals surface area contributed by atoms with Crippen LogP contribution < -0.4 is 5.32 Å². The SMILES string of the molecule is CNc1ccc(C(C)(C)C)c(C#N)c1. The first-order valence-corrected chi connectivity index (χ1v) is 4.71. The first-order valence-electron chi connectivity index (χ1n) is 4.71. The Kier molecular flexibility index (Phi) is 2.81. The van der Waals surface area contributed by atoms with Crippen molar-refractivity contribution in [3.63, 3.8) is 0 Å². The summed E-state index contributed by atoms with van der Waals surface area (Å²) in [5, 5.41) is 12.1. The van der Waals surface area contributed by atoms with E-state index in [-0.39, 0.29) is 5.41 Å². The third kappa shape index (κ3) is 2.05. The van der Waals surface area contributed by atoms with E-state index in [0.717, 1.165) is 16.8 Å². The minimum atomic E-state index is 0.0251. The molecule has 0 heterocycles. The highest BCUT2D eigenvalue weighted by Gasteiger charge is 2.17. The first-order chi connectivity index (χ1) is 6.49. The van der Waals surface area contributed by atoms with E-state index >= 15 is 0 Å². The van der Waals surface area contributed by atoms with Crippen molar-refractivity contribution in [2.75, 3.05) is 12.4 Å². The van der Waals surface area contributed by atoms with Gasteiger partial charge >= 0.3 is 0 Å². The molecule has 0 fully saturated rings. The monoisotopic (exact) mass is 188 g/mol. The number of rotatable bonds is 1. The van der Waals surface area contributed by atoms with Gasteiger partial charge in [0.25, 0.3) is 0 Å². The van der Waals surface area contributed by atoms with Crippen LogP contribution in [0.2, 0.25) is 0 Å².